The molecule has 0 aliphatic carbocycles. The maximum Gasteiger partial charge on any atom is 0.241 e. The maximum atomic E-state index is 12.0. The lowest BCUT2D eigenvalue weighted by Gasteiger charge is -2.28. The molecule has 2 N–H and O–H groups in total. The second-order valence-electron chi connectivity index (χ2n) is 4.64. The highest BCUT2D eigenvalue weighted by molar-refractivity contribution is 7.89. The van der Waals surface area contributed by atoms with Gasteiger partial charge in [0.2, 0.25) is 10.0 Å². The van der Waals surface area contributed by atoms with E-state index in [2.05, 4.69) is 4.72 Å². The Balaban J connectivity index is 3.04. The summed E-state index contributed by atoms with van der Waals surface area (Å²) in [5, 5.41) is 18.1. The Labute approximate surface area is 107 Å². The molecule has 0 heterocycles. The molecule has 0 bridgehead atoms. The van der Waals surface area contributed by atoms with Crippen molar-refractivity contribution in [2.24, 2.45) is 0 Å². The van der Waals surface area contributed by atoms with Gasteiger partial charge >= 0.3 is 0 Å². The normalized spacial score (nSPS) is 13.9. The molecule has 5 nitrogen and oxygen atoms in total. The smallest absolute Gasteiger partial charge is 0.241 e. The number of hydrogen-bond donors (Lipinski definition) is 2. The summed E-state index contributed by atoms with van der Waals surface area (Å²) in [6, 6.07) is 7.51. The Kier molecular flexibility index (Phi) is 4.12. The standard InChI is InChI=1S/C12H16N2O3S/c1-9(15)12(2,3)14-18(16,17)11-6-4-10(8-13)5-7-11/h4-7,9,14-15H,1-3H3. The van der Waals surface area contributed by atoms with Gasteiger partial charge in [0.05, 0.1) is 28.2 Å². The summed E-state index contributed by atoms with van der Waals surface area (Å²) in [7, 11) is -3.71. The van der Waals surface area contributed by atoms with Crippen molar-refractivity contribution in [3.8, 4) is 6.07 Å². The van der Waals surface area contributed by atoms with Crippen molar-refractivity contribution in [2.45, 2.75) is 37.3 Å². The van der Waals surface area contributed by atoms with Gasteiger partial charge in [-0.1, -0.05) is 0 Å². The highest BCUT2D eigenvalue weighted by Crippen LogP contribution is 2.16. The van der Waals surface area contributed by atoms with Crippen molar-refractivity contribution in [3.63, 3.8) is 0 Å². The van der Waals surface area contributed by atoms with Crippen molar-refractivity contribution in [3.05, 3.63) is 29.8 Å². The van der Waals surface area contributed by atoms with E-state index in [0.717, 1.165) is 0 Å². The molecule has 0 fully saturated rings. The number of aliphatic hydroxyl groups excluding tert-OH is 1. The van der Waals surface area contributed by atoms with E-state index in [1.165, 1.54) is 31.2 Å². The lowest BCUT2D eigenvalue weighted by Crippen LogP contribution is -2.50. The Morgan fingerprint density at radius 1 is 1.33 bits per heavy atom. The molecule has 0 amide bonds. The first-order valence-electron chi connectivity index (χ1n) is 5.41. The fraction of sp³-hybridized carbons (Fsp3) is 0.417. The van der Waals surface area contributed by atoms with Crippen molar-refractivity contribution >= 4 is 10.0 Å². The molecular formula is C12H16N2O3S. The van der Waals surface area contributed by atoms with E-state index in [1.807, 2.05) is 6.07 Å². The van der Waals surface area contributed by atoms with E-state index in [1.54, 1.807) is 13.8 Å². The molecule has 1 aromatic carbocycles. The van der Waals surface area contributed by atoms with Crippen LogP contribution in [0.1, 0.15) is 26.3 Å². The second kappa shape index (κ2) is 5.06. The molecule has 1 atom stereocenters. The van der Waals surface area contributed by atoms with Crippen LogP contribution in [0, 0.1) is 11.3 Å². The molecule has 0 saturated carbocycles. The van der Waals surface area contributed by atoms with Gasteiger partial charge in [-0.05, 0) is 45.0 Å². The van der Waals surface area contributed by atoms with Crippen LogP contribution in [0.15, 0.2) is 29.2 Å². The summed E-state index contributed by atoms with van der Waals surface area (Å²) in [4.78, 5) is 0.0650. The zero-order valence-corrected chi connectivity index (χ0v) is 11.3. The number of sulfonamides is 1. The van der Waals surface area contributed by atoms with Crippen molar-refractivity contribution < 1.29 is 13.5 Å². The summed E-state index contributed by atoms with van der Waals surface area (Å²) in [5.41, 5.74) is -0.573. The molecule has 1 unspecified atom stereocenters. The summed E-state index contributed by atoms with van der Waals surface area (Å²) < 4.78 is 26.5. The van der Waals surface area contributed by atoms with Crippen LogP contribution in [0.25, 0.3) is 0 Å². The first kappa shape index (κ1) is 14.6. The Hall–Kier alpha value is -1.42. The highest BCUT2D eigenvalue weighted by atomic mass is 32.2. The van der Waals surface area contributed by atoms with Crippen LogP contribution in [0.4, 0.5) is 0 Å². The molecule has 0 radical (unpaired) electrons. The predicted octanol–water partition coefficient (Wildman–Crippen LogP) is 0.996. The largest absolute Gasteiger partial charge is 0.391 e. The maximum absolute atomic E-state index is 12.0. The minimum absolute atomic E-state index is 0.0650. The average molecular weight is 268 g/mol. The number of hydrogen-bond acceptors (Lipinski definition) is 4. The number of nitrogens with one attached hydrogen (secondary N) is 1. The number of aliphatic hydroxyl groups is 1. The number of benzene rings is 1. The quantitative estimate of drug-likeness (QED) is 0.852. The molecule has 0 aliphatic heterocycles. The monoisotopic (exact) mass is 268 g/mol. The van der Waals surface area contributed by atoms with Gasteiger partial charge in [0, 0.05) is 0 Å². The predicted molar refractivity (Wildman–Crippen MR) is 67.2 cm³/mol. The Morgan fingerprint density at radius 3 is 2.22 bits per heavy atom. The number of nitriles is 1. The van der Waals surface area contributed by atoms with E-state index >= 15 is 0 Å². The van der Waals surface area contributed by atoms with Crippen molar-refractivity contribution in [1.29, 1.82) is 5.26 Å². The molecule has 0 saturated heterocycles. The van der Waals surface area contributed by atoms with Gasteiger partial charge < -0.3 is 5.11 Å². The molecule has 6 heteroatoms. The van der Waals surface area contributed by atoms with Gasteiger partial charge in [-0.2, -0.15) is 5.26 Å². The average Bonchev–Trinajstić information content (AvgIpc) is 2.27. The van der Waals surface area contributed by atoms with E-state index in [9.17, 15) is 13.5 Å². The number of nitrogens with zero attached hydrogens (tertiary/aromatic N) is 1. The van der Waals surface area contributed by atoms with E-state index < -0.39 is 21.7 Å². The zero-order chi connectivity index (χ0) is 14.0. The topological polar surface area (TPSA) is 90.2 Å². The summed E-state index contributed by atoms with van der Waals surface area (Å²) in [6.07, 6.45) is -0.828. The molecule has 98 valence electrons. The third-order valence-electron chi connectivity index (χ3n) is 2.74. The third-order valence-corrected chi connectivity index (χ3v) is 4.42. The van der Waals surface area contributed by atoms with Gasteiger partial charge in [-0.25, -0.2) is 13.1 Å². The van der Waals surface area contributed by atoms with Crippen LogP contribution in [0.2, 0.25) is 0 Å². The summed E-state index contributed by atoms with van der Waals surface area (Å²) in [6.45, 7) is 4.71. The SMILES string of the molecule is CC(O)C(C)(C)NS(=O)(=O)c1ccc(C#N)cc1. The Morgan fingerprint density at radius 2 is 1.83 bits per heavy atom. The molecule has 1 aromatic rings. The van der Waals surface area contributed by atoms with E-state index in [0.29, 0.717) is 5.56 Å². The van der Waals surface area contributed by atoms with Gasteiger partial charge in [0.15, 0.2) is 0 Å². The van der Waals surface area contributed by atoms with Crippen molar-refractivity contribution in [2.75, 3.05) is 0 Å². The molecule has 0 spiro atoms. The number of rotatable bonds is 4. The minimum atomic E-state index is -3.71. The molecular weight excluding hydrogens is 252 g/mol. The lowest BCUT2D eigenvalue weighted by atomic mass is 10.0. The fourth-order valence-electron chi connectivity index (χ4n) is 1.20. The fourth-order valence-corrected chi connectivity index (χ4v) is 2.67. The van der Waals surface area contributed by atoms with E-state index in [-0.39, 0.29) is 4.90 Å². The van der Waals surface area contributed by atoms with Gasteiger partial charge in [0.25, 0.3) is 0 Å². The molecule has 0 aromatic heterocycles. The zero-order valence-electron chi connectivity index (χ0n) is 10.5. The van der Waals surface area contributed by atoms with Gasteiger partial charge in [0.1, 0.15) is 0 Å². The Bertz CT molecular complexity index is 554. The first-order valence-corrected chi connectivity index (χ1v) is 6.89. The lowest BCUT2D eigenvalue weighted by molar-refractivity contribution is 0.111. The van der Waals surface area contributed by atoms with Crippen LogP contribution in [-0.2, 0) is 10.0 Å². The van der Waals surface area contributed by atoms with Crippen LogP contribution in [0.3, 0.4) is 0 Å². The summed E-state index contributed by atoms with van der Waals surface area (Å²) in [5.74, 6) is 0. The highest BCUT2D eigenvalue weighted by Gasteiger charge is 2.30. The van der Waals surface area contributed by atoms with E-state index in [4.69, 9.17) is 5.26 Å². The minimum Gasteiger partial charge on any atom is -0.391 e. The first-order chi connectivity index (χ1) is 8.19. The second-order valence-corrected chi connectivity index (χ2v) is 6.32. The van der Waals surface area contributed by atoms with Gasteiger partial charge in [-0.15, -0.1) is 0 Å². The van der Waals surface area contributed by atoms with Crippen molar-refractivity contribution in [1.82, 2.24) is 4.72 Å². The van der Waals surface area contributed by atoms with Crippen LogP contribution in [0.5, 0.6) is 0 Å². The third kappa shape index (κ3) is 3.29. The van der Waals surface area contributed by atoms with Gasteiger partial charge in [-0.3, -0.25) is 0 Å². The van der Waals surface area contributed by atoms with Crippen LogP contribution < -0.4 is 4.72 Å². The van der Waals surface area contributed by atoms with Crippen LogP contribution in [-0.4, -0.2) is 25.2 Å². The molecule has 0 aliphatic rings. The summed E-state index contributed by atoms with van der Waals surface area (Å²) >= 11 is 0. The molecule has 1 rings (SSSR count). The molecule has 18 heavy (non-hydrogen) atoms. The van der Waals surface area contributed by atoms with Crippen LogP contribution >= 0.6 is 0 Å².